The summed E-state index contributed by atoms with van der Waals surface area (Å²) in [6.45, 7) is 0.264. The maximum atomic E-state index is 13.1. The number of hydrogen-bond acceptors (Lipinski definition) is 8. The number of methoxy groups -OCH3 is 2. The molecule has 1 aliphatic carbocycles. The minimum Gasteiger partial charge on any atom is -0.497 e. The Bertz CT molecular complexity index is 1420. The molecule has 1 N–H and O–H groups in total. The van der Waals surface area contributed by atoms with Crippen LogP contribution in [0.2, 0.25) is 0 Å². The SMILES string of the molecule is COc1ccc(OC)c(-c2csc(NC(=O)CCn3cnc4sc5c(c4c3=O)CCCC5)n2)c1. The molecule has 0 aliphatic heterocycles. The lowest BCUT2D eigenvalue weighted by atomic mass is 9.97. The van der Waals surface area contributed by atoms with Gasteiger partial charge in [-0.05, 0) is 49.4 Å². The zero-order valence-corrected chi connectivity index (χ0v) is 20.6. The Morgan fingerprint density at radius 3 is 2.88 bits per heavy atom. The molecule has 0 spiro atoms. The number of fused-ring (bicyclic) bond motifs is 3. The van der Waals surface area contributed by atoms with Gasteiger partial charge in [-0.1, -0.05) is 0 Å². The average molecular weight is 497 g/mol. The van der Waals surface area contributed by atoms with Gasteiger partial charge in [0.2, 0.25) is 5.91 Å². The Morgan fingerprint density at radius 2 is 2.06 bits per heavy atom. The second kappa shape index (κ2) is 9.55. The van der Waals surface area contributed by atoms with E-state index in [-0.39, 0.29) is 24.4 Å². The number of thiazole rings is 1. The predicted octanol–water partition coefficient (Wildman–Crippen LogP) is 4.51. The molecule has 1 aromatic carbocycles. The molecule has 4 aromatic rings. The van der Waals surface area contributed by atoms with Gasteiger partial charge < -0.3 is 14.8 Å². The molecule has 0 atom stereocenters. The van der Waals surface area contributed by atoms with Crippen LogP contribution in [0.1, 0.15) is 29.7 Å². The Labute approximate surface area is 204 Å². The van der Waals surface area contributed by atoms with Gasteiger partial charge in [-0.2, -0.15) is 0 Å². The molecule has 10 heteroatoms. The monoisotopic (exact) mass is 496 g/mol. The first-order chi connectivity index (χ1) is 16.6. The van der Waals surface area contributed by atoms with Gasteiger partial charge in [-0.25, -0.2) is 9.97 Å². The van der Waals surface area contributed by atoms with E-state index in [4.69, 9.17) is 9.47 Å². The number of anilines is 1. The van der Waals surface area contributed by atoms with E-state index in [2.05, 4.69) is 15.3 Å². The summed E-state index contributed by atoms with van der Waals surface area (Å²) in [7, 11) is 3.20. The van der Waals surface area contributed by atoms with Crippen molar-refractivity contribution >= 4 is 43.9 Å². The Hall–Kier alpha value is -3.24. The second-order valence-corrected chi connectivity index (χ2v) is 9.98. The first kappa shape index (κ1) is 22.5. The number of ether oxygens (including phenoxy) is 2. The van der Waals surface area contributed by atoms with Crippen molar-refractivity contribution in [1.29, 1.82) is 0 Å². The Morgan fingerprint density at radius 1 is 1.21 bits per heavy atom. The molecule has 0 radical (unpaired) electrons. The van der Waals surface area contributed by atoms with Crippen molar-refractivity contribution in [2.45, 2.75) is 38.6 Å². The zero-order chi connectivity index (χ0) is 23.7. The van der Waals surface area contributed by atoms with Crippen molar-refractivity contribution in [3.8, 4) is 22.8 Å². The predicted molar refractivity (Wildman–Crippen MR) is 134 cm³/mol. The van der Waals surface area contributed by atoms with Crippen LogP contribution >= 0.6 is 22.7 Å². The highest BCUT2D eigenvalue weighted by molar-refractivity contribution is 7.18. The quantitative estimate of drug-likeness (QED) is 0.405. The summed E-state index contributed by atoms with van der Waals surface area (Å²) in [6, 6.07) is 5.48. The lowest BCUT2D eigenvalue weighted by Crippen LogP contribution is -2.24. The number of aryl methyl sites for hydroxylation is 3. The Kier molecular flexibility index (Phi) is 6.34. The molecule has 176 valence electrons. The van der Waals surface area contributed by atoms with E-state index in [1.807, 2.05) is 23.6 Å². The number of amides is 1. The fraction of sp³-hybridized carbons (Fsp3) is 0.333. The average Bonchev–Trinajstić information content (AvgIpc) is 3.48. The molecule has 34 heavy (non-hydrogen) atoms. The fourth-order valence-corrected chi connectivity index (χ4v) is 6.16. The van der Waals surface area contributed by atoms with Gasteiger partial charge in [0.1, 0.15) is 16.3 Å². The summed E-state index contributed by atoms with van der Waals surface area (Å²) in [5, 5.41) is 5.91. The number of benzene rings is 1. The molecule has 0 fully saturated rings. The lowest BCUT2D eigenvalue weighted by molar-refractivity contribution is -0.116. The van der Waals surface area contributed by atoms with E-state index in [1.165, 1.54) is 20.8 Å². The number of aromatic nitrogens is 3. The largest absolute Gasteiger partial charge is 0.497 e. The maximum Gasteiger partial charge on any atom is 0.262 e. The van der Waals surface area contributed by atoms with Crippen molar-refractivity contribution in [1.82, 2.24) is 14.5 Å². The molecule has 0 saturated carbocycles. The van der Waals surface area contributed by atoms with E-state index >= 15 is 0 Å². The number of thiophene rings is 1. The van der Waals surface area contributed by atoms with Crippen molar-refractivity contribution in [2.24, 2.45) is 0 Å². The minimum absolute atomic E-state index is 0.0566. The van der Waals surface area contributed by atoms with Gasteiger partial charge in [0.25, 0.3) is 5.56 Å². The number of nitrogens with zero attached hydrogens (tertiary/aromatic N) is 3. The number of hydrogen-bond donors (Lipinski definition) is 1. The maximum absolute atomic E-state index is 13.1. The van der Waals surface area contributed by atoms with Crippen LogP contribution in [0.15, 0.2) is 34.7 Å². The highest BCUT2D eigenvalue weighted by Crippen LogP contribution is 2.35. The summed E-state index contributed by atoms with van der Waals surface area (Å²) < 4.78 is 12.3. The van der Waals surface area contributed by atoms with Crippen LogP contribution in [0.4, 0.5) is 5.13 Å². The van der Waals surface area contributed by atoms with Gasteiger partial charge in [0.05, 0.1) is 31.6 Å². The summed E-state index contributed by atoms with van der Waals surface area (Å²) in [5.74, 6) is 1.15. The van der Waals surface area contributed by atoms with Gasteiger partial charge in [0, 0.05) is 28.8 Å². The molecule has 8 nitrogen and oxygen atoms in total. The fourth-order valence-electron chi connectivity index (χ4n) is 4.21. The van der Waals surface area contributed by atoms with Gasteiger partial charge in [0.15, 0.2) is 5.13 Å². The zero-order valence-electron chi connectivity index (χ0n) is 18.9. The molecular formula is C24H24N4O4S2. The molecule has 3 aromatic heterocycles. The summed E-state index contributed by atoms with van der Waals surface area (Å²) in [5.41, 5.74) is 2.57. The smallest absolute Gasteiger partial charge is 0.262 e. The van der Waals surface area contributed by atoms with Crippen LogP contribution < -0.4 is 20.3 Å². The number of carbonyl (C=O) groups is 1. The van der Waals surface area contributed by atoms with E-state index in [0.29, 0.717) is 22.3 Å². The normalized spacial score (nSPS) is 13.0. The first-order valence-electron chi connectivity index (χ1n) is 11.0. The number of rotatable bonds is 7. The molecule has 0 saturated heterocycles. The Balaban J connectivity index is 1.28. The third-order valence-corrected chi connectivity index (χ3v) is 7.91. The van der Waals surface area contributed by atoms with Crippen molar-refractivity contribution in [3.05, 3.63) is 50.7 Å². The highest BCUT2D eigenvalue weighted by atomic mass is 32.1. The van der Waals surface area contributed by atoms with Crippen LogP contribution in [0.3, 0.4) is 0 Å². The van der Waals surface area contributed by atoms with Crippen LogP contribution in [0, 0.1) is 0 Å². The molecule has 5 rings (SSSR count). The van der Waals surface area contributed by atoms with Gasteiger partial charge in [-0.3, -0.25) is 14.2 Å². The molecule has 3 heterocycles. The van der Waals surface area contributed by atoms with E-state index in [1.54, 1.807) is 31.9 Å². The van der Waals surface area contributed by atoms with Crippen molar-refractivity contribution < 1.29 is 14.3 Å². The topological polar surface area (TPSA) is 95.3 Å². The molecule has 0 bridgehead atoms. The van der Waals surface area contributed by atoms with Crippen LogP contribution in [0.5, 0.6) is 11.5 Å². The minimum atomic E-state index is -0.210. The van der Waals surface area contributed by atoms with Crippen molar-refractivity contribution in [2.75, 3.05) is 19.5 Å². The van der Waals surface area contributed by atoms with Crippen LogP contribution in [-0.2, 0) is 24.2 Å². The molecule has 1 amide bonds. The number of nitrogens with one attached hydrogen (secondary N) is 1. The first-order valence-corrected chi connectivity index (χ1v) is 12.7. The van der Waals surface area contributed by atoms with E-state index in [0.717, 1.165) is 47.0 Å². The molecule has 1 aliphatic rings. The van der Waals surface area contributed by atoms with Crippen LogP contribution in [0.25, 0.3) is 21.5 Å². The van der Waals surface area contributed by atoms with E-state index in [9.17, 15) is 9.59 Å². The lowest BCUT2D eigenvalue weighted by Gasteiger charge is -2.10. The number of carbonyl (C=O) groups excluding carboxylic acids is 1. The highest BCUT2D eigenvalue weighted by Gasteiger charge is 2.20. The van der Waals surface area contributed by atoms with Gasteiger partial charge in [-0.15, -0.1) is 22.7 Å². The third-order valence-electron chi connectivity index (χ3n) is 5.95. The van der Waals surface area contributed by atoms with Crippen molar-refractivity contribution in [3.63, 3.8) is 0 Å². The standard InChI is InChI=1S/C24H24N4O4S2/c1-31-14-7-8-18(32-2)16(11-14)17-12-33-24(26-17)27-20(29)9-10-28-13-25-22-21(23(28)30)15-5-3-4-6-19(15)34-22/h7-8,11-13H,3-6,9-10H2,1-2H3,(H,26,27,29). The van der Waals surface area contributed by atoms with E-state index < -0.39 is 0 Å². The van der Waals surface area contributed by atoms with Gasteiger partial charge >= 0.3 is 0 Å². The van der Waals surface area contributed by atoms with Crippen LogP contribution in [-0.4, -0.2) is 34.7 Å². The summed E-state index contributed by atoms with van der Waals surface area (Å²) in [6.07, 6.45) is 5.92. The third kappa shape index (κ3) is 4.30. The molecular weight excluding hydrogens is 472 g/mol. The summed E-state index contributed by atoms with van der Waals surface area (Å²) in [4.78, 5) is 36.8. The summed E-state index contributed by atoms with van der Waals surface area (Å²) >= 11 is 2.96. The molecule has 0 unspecified atom stereocenters. The second-order valence-electron chi connectivity index (χ2n) is 8.04.